The molecule has 0 saturated heterocycles. The van der Waals surface area contributed by atoms with E-state index in [1.54, 1.807) is 0 Å². The van der Waals surface area contributed by atoms with Crippen molar-refractivity contribution in [2.24, 2.45) is 0 Å². The molecule has 1 aliphatic rings. The molecule has 1 heterocycles. The van der Waals surface area contributed by atoms with Crippen LogP contribution in [0.15, 0.2) is 36.4 Å². The van der Waals surface area contributed by atoms with Gasteiger partial charge in [0.25, 0.3) is 0 Å². The van der Waals surface area contributed by atoms with Crippen molar-refractivity contribution in [3.05, 3.63) is 42.0 Å². The molecule has 0 radical (unpaired) electrons. The van der Waals surface area contributed by atoms with E-state index in [1.165, 1.54) is 16.5 Å². The number of carboxylic acid groups (broad SMARTS) is 1. The van der Waals surface area contributed by atoms with Gasteiger partial charge in [-0.25, -0.2) is 0 Å². The molecular weight excluding hydrogens is 299 g/mol. The SMILES string of the molecule is C[N+]1(C)c2cccc3cccc(c23)C1O.O=C([O-])C(F)(F)F. The Hall–Kier alpha value is -2.12. The average Bonchev–Trinajstić information content (AvgIpc) is 2.63. The van der Waals surface area contributed by atoms with Crippen LogP contribution in [0.2, 0.25) is 0 Å². The third-order valence-electron chi connectivity index (χ3n) is 3.66. The third-order valence-corrected chi connectivity index (χ3v) is 3.66. The van der Waals surface area contributed by atoms with Crippen molar-refractivity contribution in [2.45, 2.75) is 12.4 Å². The van der Waals surface area contributed by atoms with Crippen LogP contribution >= 0.6 is 0 Å². The summed E-state index contributed by atoms with van der Waals surface area (Å²) in [6.07, 6.45) is -5.63. The number of carbonyl (C=O) groups excluding carboxylic acids is 1. The maximum Gasteiger partial charge on any atom is 0.430 e. The normalized spacial score (nSPS) is 18.7. The summed E-state index contributed by atoms with van der Waals surface area (Å²) in [7, 11) is 4.08. The van der Waals surface area contributed by atoms with Gasteiger partial charge in [-0.15, -0.1) is 0 Å². The summed E-state index contributed by atoms with van der Waals surface area (Å²) < 4.78 is 32.1. The van der Waals surface area contributed by atoms with Crippen molar-refractivity contribution < 1.29 is 28.2 Å². The van der Waals surface area contributed by atoms with Crippen LogP contribution in [0.5, 0.6) is 0 Å². The topological polar surface area (TPSA) is 60.4 Å². The van der Waals surface area contributed by atoms with Gasteiger partial charge < -0.3 is 15.0 Å². The summed E-state index contributed by atoms with van der Waals surface area (Å²) in [5.41, 5.74) is 2.25. The fourth-order valence-corrected chi connectivity index (χ4v) is 2.52. The molecule has 2 aromatic carbocycles. The minimum Gasteiger partial charge on any atom is -0.542 e. The largest absolute Gasteiger partial charge is 0.542 e. The van der Waals surface area contributed by atoms with Crippen LogP contribution in [0, 0.1) is 0 Å². The number of hydrogen-bond acceptors (Lipinski definition) is 3. The number of halogens is 3. The van der Waals surface area contributed by atoms with Gasteiger partial charge in [0.15, 0.2) is 0 Å². The molecule has 0 aromatic heterocycles. The highest BCUT2D eigenvalue weighted by Gasteiger charge is 2.40. The van der Waals surface area contributed by atoms with Crippen molar-refractivity contribution >= 4 is 22.4 Å². The van der Waals surface area contributed by atoms with E-state index in [1.807, 2.05) is 26.2 Å². The molecular formula is C15H14F3NO3. The third kappa shape index (κ3) is 2.65. The molecule has 1 aliphatic heterocycles. The first-order chi connectivity index (χ1) is 10.1. The maximum absolute atomic E-state index is 10.5. The number of hydrogen-bond donors (Lipinski definition) is 1. The van der Waals surface area contributed by atoms with Gasteiger partial charge in [-0.05, 0) is 17.5 Å². The lowest BCUT2D eigenvalue weighted by Gasteiger charge is -2.28. The standard InChI is InChI=1S/C13H14NO.C2HF3O2/c1-14(2)11-8-4-6-9-5-3-7-10(12(9)11)13(14)15;3-2(4,5)1(6)7/h3-8,13,15H,1-2H3;(H,6,7)/q+1;/p-1. The van der Waals surface area contributed by atoms with Crippen LogP contribution in [0.25, 0.3) is 10.8 Å². The summed E-state index contributed by atoms with van der Waals surface area (Å²) in [5, 5.41) is 21.5. The maximum atomic E-state index is 10.5. The first-order valence-electron chi connectivity index (χ1n) is 6.39. The van der Waals surface area contributed by atoms with Crippen LogP contribution < -0.4 is 9.59 Å². The molecule has 0 aliphatic carbocycles. The van der Waals surface area contributed by atoms with Crippen molar-refractivity contribution in [1.82, 2.24) is 4.48 Å². The number of carbonyl (C=O) groups is 1. The molecule has 2 aromatic rings. The lowest BCUT2D eigenvalue weighted by Crippen LogP contribution is -2.40. The van der Waals surface area contributed by atoms with Gasteiger partial charge in [0.05, 0.1) is 25.0 Å². The number of aliphatic hydroxyl groups is 1. The molecule has 22 heavy (non-hydrogen) atoms. The van der Waals surface area contributed by atoms with E-state index in [-0.39, 0.29) is 0 Å². The zero-order valence-corrected chi connectivity index (χ0v) is 11.9. The van der Waals surface area contributed by atoms with E-state index in [9.17, 15) is 18.3 Å². The van der Waals surface area contributed by atoms with E-state index in [0.29, 0.717) is 4.48 Å². The molecule has 3 rings (SSSR count). The highest BCUT2D eigenvalue weighted by molar-refractivity contribution is 5.98. The van der Waals surface area contributed by atoms with Crippen LogP contribution in [0.1, 0.15) is 11.8 Å². The minimum atomic E-state index is -5.19. The molecule has 0 fully saturated rings. The Morgan fingerprint density at radius 3 is 2.18 bits per heavy atom. The number of aliphatic hydroxyl groups excluding tert-OH is 1. The number of benzene rings is 2. The first kappa shape index (κ1) is 16.3. The lowest BCUT2D eigenvalue weighted by atomic mass is 10.1. The highest BCUT2D eigenvalue weighted by atomic mass is 19.4. The molecule has 1 atom stereocenters. The fraction of sp³-hybridized carbons (Fsp3) is 0.267. The molecule has 4 nitrogen and oxygen atoms in total. The summed E-state index contributed by atoms with van der Waals surface area (Å²) in [5.74, 6) is -3.01. The Bertz CT molecular complexity index is 720. The van der Waals surface area contributed by atoms with Gasteiger partial charge in [0, 0.05) is 0 Å². The summed E-state index contributed by atoms with van der Waals surface area (Å²) in [6, 6.07) is 12.4. The van der Waals surface area contributed by atoms with Gasteiger partial charge in [-0.2, -0.15) is 13.2 Å². The number of rotatable bonds is 0. The van der Waals surface area contributed by atoms with Crippen molar-refractivity contribution in [2.75, 3.05) is 14.1 Å². The molecule has 0 spiro atoms. The molecule has 1 unspecified atom stereocenters. The number of carboxylic acids is 1. The number of nitrogens with zero attached hydrogens (tertiary/aromatic N) is 1. The highest BCUT2D eigenvalue weighted by Crippen LogP contribution is 2.45. The van der Waals surface area contributed by atoms with Crippen LogP contribution in [-0.2, 0) is 4.79 Å². The summed E-state index contributed by atoms with van der Waals surface area (Å²) in [6.45, 7) is 0. The van der Waals surface area contributed by atoms with E-state index in [2.05, 4.69) is 24.3 Å². The van der Waals surface area contributed by atoms with Gasteiger partial charge >= 0.3 is 6.18 Å². The minimum absolute atomic E-state index is 0.439. The van der Waals surface area contributed by atoms with E-state index < -0.39 is 18.4 Å². The second-order valence-electron chi connectivity index (χ2n) is 5.42. The smallest absolute Gasteiger partial charge is 0.430 e. The van der Waals surface area contributed by atoms with Crippen molar-refractivity contribution in [3.63, 3.8) is 0 Å². The van der Waals surface area contributed by atoms with E-state index in [0.717, 1.165) is 5.56 Å². The quantitative estimate of drug-likeness (QED) is 0.753. The average molecular weight is 313 g/mol. The van der Waals surface area contributed by atoms with Crippen LogP contribution in [0.4, 0.5) is 18.9 Å². The zero-order chi connectivity index (χ0) is 16.7. The van der Waals surface area contributed by atoms with Gasteiger partial charge in [0.1, 0.15) is 11.7 Å². The molecule has 0 saturated carbocycles. The van der Waals surface area contributed by atoms with Crippen molar-refractivity contribution in [1.29, 1.82) is 0 Å². The van der Waals surface area contributed by atoms with E-state index in [4.69, 9.17) is 9.90 Å². The zero-order valence-electron chi connectivity index (χ0n) is 11.9. The monoisotopic (exact) mass is 313 g/mol. The predicted molar refractivity (Wildman–Crippen MR) is 73.6 cm³/mol. The number of alkyl halides is 3. The molecule has 7 heteroatoms. The second kappa shape index (κ2) is 5.26. The fourth-order valence-electron chi connectivity index (χ4n) is 2.52. The second-order valence-corrected chi connectivity index (χ2v) is 5.42. The van der Waals surface area contributed by atoms with Gasteiger partial charge in [-0.3, -0.25) is 4.48 Å². The Kier molecular flexibility index (Phi) is 3.88. The molecule has 0 bridgehead atoms. The Balaban J connectivity index is 0.000000217. The molecule has 0 amide bonds. The lowest BCUT2D eigenvalue weighted by molar-refractivity contribution is -0.344. The summed E-state index contributed by atoms with van der Waals surface area (Å²) >= 11 is 0. The molecule has 1 N–H and O–H groups in total. The first-order valence-corrected chi connectivity index (χ1v) is 6.39. The van der Waals surface area contributed by atoms with Gasteiger partial charge in [-0.1, -0.05) is 24.3 Å². The van der Waals surface area contributed by atoms with Crippen molar-refractivity contribution in [3.8, 4) is 0 Å². The Labute approximate surface area is 124 Å². The Morgan fingerprint density at radius 2 is 1.68 bits per heavy atom. The van der Waals surface area contributed by atoms with E-state index >= 15 is 0 Å². The summed E-state index contributed by atoms with van der Waals surface area (Å²) in [4.78, 5) is 8.78. The number of aliphatic carboxylic acids is 1. The van der Waals surface area contributed by atoms with Crippen LogP contribution in [0.3, 0.4) is 0 Å². The van der Waals surface area contributed by atoms with Crippen LogP contribution in [-0.4, -0.2) is 31.3 Å². The van der Waals surface area contributed by atoms with Gasteiger partial charge in [0.2, 0.25) is 6.23 Å². The molecule has 118 valence electrons. The predicted octanol–water partition coefficient (Wildman–Crippen LogP) is 1.71. The Morgan fingerprint density at radius 1 is 1.18 bits per heavy atom. The number of quaternary nitrogens is 1.